The van der Waals surface area contributed by atoms with Crippen LogP contribution in [0.4, 0.5) is 0 Å². The summed E-state index contributed by atoms with van der Waals surface area (Å²) in [6.45, 7) is 6.38. The molecule has 0 radical (unpaired) electrons. The summed E-state index contributed by atoms with van der Waals surface area (Å²) in [4.78, 5) is 10.9. The van der Waals surface area contributed by atoms with Gasteiger partial charge in [0.25, 0.3) is 0 Å². The van der Waals surface area contributed by atoms with Gasteiger partial charge in [-0.25, -0.2) is 0 Å². The summed E-state index contributed by atoms with van der Waals surface area (Å²) in [5.74, 6) is 0.197. The zero-order valence-corrected chi connectivity index (χ0v) is 10.2. The number of rotatable bonds is 8. The Bertz CT molecular complexity index is 168. The molecule has 0 aromatic carbocycles. The van der Waals surface area contributed by atoms with E-state index < -0.39 is 0 Å². The first-order valence-electron chi connectivity index (χ1n) is 5.93. The topological polar surface area (TPSA) is 46.5 Å². The van der Waals surface area contributed by atoms with E-state index in [2.05, 4.69) is 6.92 Å². The average Bonchev–Trinajstić information content (AvgIpc) is 2.23. The molecule has 2 atom stereocenters. The molecule has 0 spiro atoms. The van der Waals surface area contributed by atoms with Crippen molar-refractivity contribution >= 4 is 5.97 Å². The van der Waals surface area contributed by atoms with Crippen LogP contribution in [0, 0.1) is 5.92 Å². The van der Waals surface area contributed by atoms with Crippen molar-refractivity contribution in [3.63, 3.8) is 0 Å². The molecule has 0 aromatic rings. The van der Waals surface area contributed by atoms with Gasteiger partial charge in [-0.2, -0.15) is 0 Å². The van der Waals surface area contributed by atoms with E-state index in [4.69, 9.17) is 4.74 Å². The Labute approximate surface area is 92.8 Å². The summed E-state index contributed by atoms with van der Waals surface area (Å²) in [6, 6.07) is 0. The van der Waals surface area contributed by atoms with Crippen molar-refractivity contribution in [1.29, 1.82) is 0 Å². The lowest BCUT2D eigenvalue weighted by molar-refractivity contribution is -0.144. The van der Waals surface area contributed by atoms with Crippen LogP contribution in [-0.2, 0) is 9.53 Å². The summed E-state index contributed by atoms with van der Waals surface area (Å²) in [5.41, 5.74) is 0. The van der Waals surface area contributed by atoms with Crippen molar-refractivity contribution in [3.05, 3.63) is 0 Å². The molecule has 0 rings (SSSR count). The normalized spacial score (nSPS) is 14.7. The summed E-state index contributed by atoms with van der Waals surface area (Å²) < 4.78 is 5.02. The molecule has 0 aromatic heterocycles. The van der Waals surface area contributed by atoms with Crippen molar-refractivity contribution in [2.45, 2.75) is 59.0 Å². The van der Waals surface area contributed by atoms with E-state index in [-0.39, 0.29) is 12.1 Å². The predicted octanol–water partition coefficient (Wildman–Crippen LogP) is 2.52. The first kappa shape index (κ1) is 14.4. The first-order valence-corrected chi connectivity index (χ1v) is 5.93. The number of hydrogen-bond donors (Lipinski definition) is 1. The van der Waals surface area contributed by atoms with Gasteiger partial charge in [0, 0.05) is 6.42 Å². The number of aliphatic hydroxyl groups is 1. The third-order valence-electron chi connectivity index (χ3n) is 2.43. The smallest absolute Gasteiger partial charge is 0.305 e. The van der Waals surface area contributed by atoms with Gasteiger partial charge in [-0.15, -0.1) is 0 Å². The van der Waals surface area contributed by atoms with Gasteiger partial charge in [-0.1, -0.05) is 27.2 Å². The number of hydrogen-bond acceptors (Lipinski definition) is 3. The zero-order valence-electron chi connectivity index (χ0n) is 10.2. The highest BCUT2D eigenvalue weighted by Crippen LogP contribution is 2.11. The van der Waals surface area contributed by atoms with Crippen LogP contribution < -0.4 is 0 Å². The standard InChI is InChI=1S/C12H24O3/c1-4-6-11(13)8-7-10(3)9-15-12(14)5-2/h10-11,13H,4-9H2,1-3H3/t10?,11-/m0/s1. The summed E-state index contributed by atoms with van der Waals surface area (Å²) in [5, 5.41) is 9.51. The van der Waals surface area contributed by atoms with Crippen molar-refractivity contribution in [2.24, 2.45) is 5.92 Å². The number of carbonyl (C=O) groups excluding carboxylic acids is 1. The molecule has 0 aliphatic rings. The molecule has 0 aliphatic heterocycles. The third kappa shape index (κ3) is 8.43. The molecule has 15 heavy (non-hydrogen) atoms. The van der Waals surface area contributed by atoms with Gasteiger partial charge >= 0.3 is 5.97 Å². The molecule has 0 aliphatic carbocycles. The molecule has 0 saturated heterocycles. The lowest BCUT2D eigenvalue weighted by atomic mass is 10.0. The van der Waals surface area contributed by atoms with Gasteiger partial charge < -0.3 is 9.84 Å². The first-order chi connectivity index (χ1) is 7.10. The van der Waals surface area contributed by atoms with Gasteiger partial charge in [-0.05, 0) is 25.2 Å². The minimum atomic E-state index is -0.195. The molecule has 0 amide bonds. The predicted molar refractivity (Wildman–Crippen MR) is 60.6 cm³/mol. The third-order valence-corrected chi connectivity index (χ3v) is 2.43. The van der Waals surface area contributed by atoms with Crippen LogP contribution in [0.15, 0.2) is 0 Å². The van der Waals surface area contributed by atoms with Crippen LogP contribution >= 0.6 is 0 Å². The Morgan fingerprint density at radius 3 is 2.47 bits per heavy atom. The molecular formula is C12H24O3. The minimum absolute atomic E-state index is 0.143. The highest BCUT2D eigenvalue weighted by molar-refractivity contribution is 5.68. The number of aliphatic hydroxyl groups excluding tert-OH is 1. The van der Waals surface area contributed by atoms with E-state index in [1.165, 1.54) is 0 Å². The Hall–Kier alpha value is -0.570. The van der Waals surface area contributed by atoms with Crippen LogP contribution in [0.3, 0.4) is 0 Å². The SMILES string of the molecule is CCC[C@H](O)CCC(C)COC(=O)CC. The fraction of sp³-hybridized carbons (Fsp3) is 0.917. The van der Waals surface area contributed by atoms with Crippen molar-refractivity contribution < 1.29 is 14.6 Å². The Morgan fingerprint density at radius 2 is 1.93 bits per heavy atom. The molecule has 3 heteroatoms. The minimum Gasteiger partial charge on any atom is -0.465 e. The molecule has 0 heterocycles. The quantitative estimate of drug-likeness (QED) is 0.634. The molecule has 90 valence electrons. The molecule has 3 nitrogen and oxygen atoms in total. The van der Waals surface area contributed by atoms with Crippen LogP contribution in [0.25, 0.3) is 0 Å². The monoisotopic (exact) mass is 216 g/mol. The van der Waals surface area contributed by atoms with Gasteiger partial charge in [0.1, 0.15) is 0 Å². The lowest BCUT2D eigenvalue weighted by Crippen LogP contribution is -2.14. The summed E-state index contributed by atoms with van der Waals surface area (Å²) >= 11 is 0. The van der Waals surface area contributed by atoms with Gasteiger partial charge in [0.15, 0.2) is 0 Å². The van der Waals surface area contributed by atoms with Crippen LogP contribution in [-0.4, -0.2) is 23.8 Å². The number of esters is 1. The van der Waals surface area contributed by atoms with Crippen molar-refractivity contribution in [3.8, 4) is 0 Å². The Balaban J connectivity index is 3.48. The van der Waals surface area contributed by atoms with Crippen molar-refractivity contribution in [2.75, 3.05) is 6.61 Å². The maximum atomic E-state index is 10.9. The van der Waals surface area contributed by atoms with E-state index in [1.807, 2.05) is 6.92 Å². The van der Waals surface area contributed by atoms with E-state index in [0.717, 1.165) is 25.7 Å². The van der Waals surface area contributed by atoms with Gasteiger partial charge in [-0.3, -0.25) is 4.79 Å². The second kappa shape index (κ2) is 8.72. The van der Waals surface area contributed by atoms with E-state index in [9.17, 15) is 9.90 Å². The molecule has 1 N–H and O–H groups in total. The fourth-order valence-electron chi connectivity index (χ4n) is 1.38. The zero-order chi connectivity index (χ0) is 11.7. The van der Waals surface area contributed by atoms with Gasteiger partial charge in [0.2, 0.25) is 0 Å². The number of ether oxygens (including phenoxy) is 1. The van der Waals surface area contributed by atoms with E-state index in [1.54, 1.807) is 6.92 Å². The largest absolute Gasteiger partial charge is 0.465 e. The lowest BCUT2D eigenvalue weighted by Gasteiger charge is -2.14. The Morgan fingerprint density at radius 1 is 1.27 bits per heavy atom. The summed E-state index contributed by atoms with van der Waals surface area (Å²) in [7, 11) is 0. The van der Waals surface area contributed by atoms with E-state index >= 15 is 0 Å². The molecule has 0 fully saturated rings. The summed E-state index contributed by atoms with van der Waals surface area (Å²) in [6.07, 6.45) is 3.84. The second-order valence-corrected chi connectivity index (χ2v) is 4.16. The van der Waals surface area contributed by atoms with Crippen LogP contribution in [0.1, 0.15) is 52.9 Å². The highest BCUT2D eigenvalue weighted by atomic mass is 16.5. The maximum Gasteiger partial charge on any atom is 0.305 e. The highest BCUT2D eigenvalue weighted by Gasteiger charge is 2.09. The molecule has 1 unspecified atom stereocenters. The molecule has 0 saturated carbocycles. The van der Waals surface area contributed by atoms with Gasteiger partial charge in [0.05, 0.1) is 12.7 Å². The number of carbonyl (C=O) groups is 1. The fourth-order valence-corrected chi connectivity index (χ4v) is 1.38. The maximum absolute atomic E-state index is 10.9. The average molecular weight is 216 g/mol. The molecular weight excluding hydrogens is 192 g/mol. The van der Waals surface area contributed by atoms with Crippen LogP contribution in [0.5, 0.6) is 0 Å². The molecule has 0 bridgehead atoms. The Kier molecular flexibility index (Phi) is 8.38. The second-order valence-electron chi connectivity index (χ2n) is 4.16. The van der Waals surface area contributed by atoms with Crippen LogP contribution in [0.2, 0.25) is 0 Å². The van der Waals surface area contributed by atoms with E-state index in [0.29, 0.717) is 18.9 Å². The van der Waals surface area contributed by atoms with Crippen molar-refractivity contribution in [1.82, 2.24) is 0 Å².